The zero-order valence-electron chi connectivity index (χ0n) is 15.6. The number of hydrogen-bond acceptors (Lipinski definition) is 5. The number of aromatic nitrogens is 3. The van der Waals surface area contributed by atoms with Crippen molar-refractivity contribution in [2.45, 2.75) is 58.8 Å². The van der Waals surface area contributed by atoms with Gasteiger partial charge in [0.1, 0.15) is 17.1 Å². The molecule has 1 aliphatic heterocycles. The van der Waals surface area contributed by atoms with Gasteiger partial charge in [0.05, 0.1) is 12.2 Å². The van der Waals surface area contributed by atoms with E-state index in [0.717, 1.165) is 30.9 Å². The lowest BCUT2D eigenvalue weighted by Crippen LogP contribution is -2.19. The van der Waals surface area contributed by atoms with E-state index < -0.39 is 5.97 Å². The molecule has 0 fully saturated rings. The summed E-state index contributed by atoms with van der Waals surface area (Å²) < 4.78 is 7.35. The van der Waals surface area contributed by atoms with Gasteiger partial charge < -0.3 is 15.2 Å². The van der Waals surface area contributed by atoms with Gasteiger partial charge in [-0.3, -0.25) is 4.68 Å². The van der Waals surface area contributed by atoms with Crippen LogP contribution in [0, 0.1) is 0 Å². The van der Waals surface area contributed by atoms with E-state index in [1.807, 2.05) is 26.8 Å². The van der Waals surface area contributed by atoms with Crippen molar-refractivity contribution in [2.24, 2.45) is 0 Å². The predicted molar refractivity (Wildman–Crippen MR) is 98.5 cm³/mol. The Morgan fingerprint density at radius 1 is 1.38 bits per heavy atom. The summed E-state index contributed by atoms with van der Waals surface area (Å²) in [5.41, 5.74) is 2.52. The van der Waals surface area contributed by atoms with Gasteiger partial charge in [-0.2, -0.15) is 5.10 Å². The quantitative estimate of drug-likeness (QED) is 0.825. The molecule has 26 heavy (non-hydrogen) atoms. The van der Waals surface area contributed by atoms with Crippen molar-refractivity contribution in [1.82, 2.24) is 14.8 Å². The Morgan fingerprint density at radius 2 is 2.19 bits per heavy atom. The SMILES string of the molecule is CC(C)(C)OCc1nn(CCc2ccc3c(n2)NCCC3)cc1C(=O)O. The number of ether oxygens (including phenoxy) is 1. The van der Waals surface area contributed by atoms with Crippen LogP contribution in [0.1, 0.15) is 54.5 Å². The Bertz CT molecular complexity index is 793. The second-order valence-corrected chi connectivity index (χ2v) is 7.55. The molecule has 7 nitrogen and oxygen atoms in total. The second kappa shape index (κ2) is 7.45. The van der Waals surface area contributed by atoms with Gasteiger partial charge in [0.15, 0.2) is 0 Å². The summed E-state index contributed by atoms with van der Waals surface area (Å²) in [7, 11) is 0. The molecule has 3 heterocycles. The number of aryl methyl sites for hydroxylation is 3. The van der Waals surface area contributed by atoms with Crippen LogP contribution in [0.2, 0.25) is 0 Å². The zero-order valence-corrected chi connectivity index (χ0v) is 15.6. The highest BCUT2D eigenvalue weighted by Crippen LogP contribution is 2.20. The van der Waals surface area contributed by atoms with Gasteiger partial charge in [0.2, 0.25) is 0 Å². The van der Waals surface area contributed by atoms with E-state index in [9.17, 15) is 9.90 Å². The van der Waals surface area contributed by atoms with Crippen LogP contribution in [-0.2, 0) is 30.7 Å². The average molecular weight is 358 g/mol. The van der Waals surface area contributed by atoms with E-state index in [1.165, 1.54) is 5.56 Å². The second-order valence-electron chi connectivity index (χ2n) is 7.55. The molecule has 0 bridgehead atoms. The molecule has 2 aromatic heterocycles. The van der Waals surface area contributed by atoms with Gasteiger partial charge in [-0.15, -0.1) is 0 Å². The lowest BCUT2D eigenvalue weighted by molar-refractivity contribution is -0.0171. The molecule has 7 heteroatoms. The Labute approximate surface area is 153 Å². The van der Waals surface area contributed by atoms with Crippen molar-refractivity contribution in [1.29, 1.82) is 0 Å². The number of anilines is 1. The Morgan fingerprint density at radius 3 is 2.92 bits per heavy atom. The third kappa shape index (κ3) is 4.60. The summed E-state index contributed by atoms with van der Waals surface area (Å²) >= 11 is 0. The van der Waals surface area contributed by atoms with E-state index in [0.29, 0.717) is 18.7 Å². The Balaban J connectivity index is 1.68. The van der Waals surface area contributed by atoms with Crippen molar-refractivity contribution < 1.29 is 14.6 Å². The molecule has 140 valence electrons. The fourth-order valence-corrected chi connectivity index (χ4v) is 2.88. The minimum Gasteiger partial charge on any atom is -0.478 e. The number of fused-ring (bicyclic) bond motifs is 1. The van der Waals surface area contributed by atoms with Crippen LogP contribution in [0.4, 0.5) is 5.82 Å². The van der Waals surface area contributed by atoms with Gasteiger partial charge in [0, 0.05) is 31.4 Å². The van der Waals surface area contributed by atoms with Gasteiger partial charge in [-0.25, -0.2) is 9.78 Å². The summed E-state index contributed by atoms with van der Waals surface area (Å²) in [6, 6.07) is 4.16. The molecule has 0 aliphatic carbocycles. The molecule has 2 N–H and O–H groups in total. The highest BCUT2D eigenvalue weighted by atomic mass is 16.5. The van der Waals surface area contributed by atoms with Crippen molar-refractivity contribution in [3.8, 4) is 0 Å². The first kappa shape index (κ1) is 18.4. The van der Waals surface area contributed by atoms with Crippen LogP contribution in [0.5, 0.6) is 0 Å². The number of rotatable bonds is 6. The first-order valence-corrected chi connectivity index (χ1v) is 8.98. The number of pyridine rings is 1. The van der Waals surface area contributed by atoms with Crippen LogP contribution in [0.15, 0.2) is 18.3 Å². The maximum atomic E-state index is 11.5. The average Bonchev–Trinajstić information content (AvgIpc) is 3.01. The molecule has 0 spiro atoms. The molecular formula is C19H26N4O3. The van der Waals surface area contributed by atoms with Crippen LogP contribution in [0.25, 0.3) is 0 Å². The first-order chi connectivity index (χ1) is 12.3. The fourth-order valence-electron chi connectivity index (χ4n) is 2.88. The number of aromatic carboxylic acids is 1. The van der Waals surface area contributed by atoms with Crippen LogP contribution < -0.4 is 5.32 Å². The molecule has 0 radical (unpaired) electrons. The summed E-state index contributed by atoms with van der Waals surface area (Å²) in [6.45, 7) is 7.50. The zero-order chi connectivity index (χ0) is 18.7. The minimum absolute atomic E-state index is 0.180. The van der Waals surface area contributed by atoms with Gasteiger partial charge in [-0.05, 0) is 45.2 Å². The van der Waals surface area contributed by atoms with E-state index in [4.69, 9.17) is 4.74 Å². The third-order valence-corrected chi connectivity index (χ3v) is 4.26. The summed E-state index contributed by atoms with van der Waals surface area (Å²) in [6.07, 6.45) is 4.46. The molecule has 0 amide bonds. The topological polar surface area (TPSA) is 89.3 Å². The monoisotopic (exact) mass is 358 g/mol. The summed E-state index contributed by atoms with van der Waals surface area (Å²) in [4.78, 5) is 16.1. The maximum Gasteiger partial charge on any atom is 0.339 e. The molecule has 0 atom stereocenters. The third-order valence-electron chi connectivity index (χ3n) is 4.26. The van der Waals surface area contributed by atoms with E-state index in [2.05, 4.69) is 21.5 Å². The van der Waals surface area contributed by atoms with Crippen molar-refractivity contribution in [2.75, 3.05) is 11.9 Å². The highest BCUT2D eigenvalue weighted by molar-refractivity contribution is 5.88. The first-order valence-electron chi connectivity index (χ1n) is 8.98. The summed E-state index contributed by atoms with van der Waals surface area (Å²) in [5.74, 6) is -0.0143. The Kier molecular flexibility index (Phi) is 5.27. The van der Waals surface area contributed by atoms with Crippen LogP contribution in [-0.4, -0.2) is 38.0 Å². The van der Waals surface area contributed by atoms with Crippen molar-refractivity contribution in [3.63, 3.8) is 0 Å². The lowest BCUT2D eigenvalue weighted by atomic mass is 10.1. The maximum absolute atomic E-state index is 11.5. The number of nitrogens with zero attached hydrogens (tertiary/aromatic N) is 3. The normalized spacial score (nSPS) is 14.0. The molecule has 1 aliphatic rings. The molecule has 0 saturated heterocycles. The molecule has 0 aromatic carbocycles. The molecule has 0 saturated carbocycles. The molecular weight excluding hydrogens is 332 g/mol. The van der Waals surface area contributed by atoms with Crippen LogP contribution in [0.3, 0.4) is 0 Å². The number of hydrogen-bond donors (Lipinski definition) is 2. The highest BCUT2D eigenvalue weighted by Gasteiger charge is 2.19. The molecule has 0 unspecified atom stereocenters. The van der Waals surface area contributed by atoms with E-state index in [1.54, 1.807) is 10.9 Å². The number of carboxylic acid groups (broad SMARTS) is 1. The van der Waals surface area contributed by atoms with Crippen molar-refractivity contribution >= 4 is 11.8 Å². The lowest BCUT2D eigenvalue weighted by Gasteiger charge is -2.18. The fraction of sp³-hybridized carbons (Fsp3) is 0.526. The van der Waals surface area contributed by atoms with Crippen LogP contribution >= 0.6 is 0 Å². The summed E-state index contributed by atoms with van der Waals surface area (Å²) in [5, 5.41) is 17.1. The van der Waals surface area contributed by atoms with Gasteiger partial charge >= 0.3 is 5.97 Å². The largest absolute Gasteiger partial charge is 0.478 e. The van der Waals surface area contributed by atoms with E-state index in [-0.39, 0.29) is 17.8 Å². The number of carbonyl (C=O) groups is 1. The smallest absolute Gasteiger partial charge is 0.339 e. The number of carboxylic acids is 1. The minimum atomic E-state index is -0.986. The van der Waals surface area contributed by atoms with E-state index >= 15 is 0 Å². The molecule has 2 aromatic rings. The predicted octanol–water partition coefficient (Wildman–Crippen LogP) is 2.89. The standard InChI is InChI=1S/C19H26N4O3/c1-19(2,3)26-12-16-15(18(24)25)11-23(22-16)10-8-14-7-6-13-5-4-9-20-17(13)21-14/h6-7,11H,4-5,8-10,12H2,1-3H3,(H,20,21)(H,24,25). The van der Waals surface area contributed by atoms with Gasteiger partial charge in [-0.1, -0.05) is 6.07 Å². The van der Waals surface area contributed by atoms with Crippen molar-refractivity contribution in [3.05, 3.63) is 40.8 Å². The number of nitrogens with one attached hydrogen (secondary N) is 1. The molecule has 3 rings (SSSR count). The Hall–Kier alpha value is -2.41. The van der Waals surface area contributed by atoms with Gasteiger partial charge in [0.25, 0.3) is 0 Å².